The fraction of sp³-hybridized carbons (Fsp3) is 0.524. The van der Waals surface area contributed by atoms with E-state index >= 15 is 0 Å². The zero-order chi connectivity index (χ0) is 19.2. The molecule has 5 nitrogen and oxygen atoms in total. The van der Waals surface area contributed by atoms with Gasteiger partial charge in [-0.25, -0.2) is 4.98 Å². The van der Waals surface area contributed by atoms with Crippen LogP contribution < -0.4 is 5.32 Å². The third-order valence-electron chi connectivity index (χ3n) is 5.14. The minimum Gasteiger partial charge on any atom is -0.351 e. The monoisotopic (exact) mass is 386 g/mol. The second-order valence-electron chi connectivity index (χ2n) is 7.24. The van der Waals surface area contributed by atoms with Gasteiger partial charge in [0.1, 0.15) is 9.88 Å². The summed E-state index contributed by atoms with van der Waals surface area (Å²) in [5.74, 6) is -0.000180. The number of amides is 1. The Hall–Kier alpha value is -1.76. The Bertz CT molecular complexity index is 748. The SMILES string of the molecule is CCc1ccc(-c2nc(C)c(C(=O)NCCCN3CCN(C)CC3)s2)cc1. The van der Waals surface area contributed by atoms with Gasteiger partial charge >= 0.3 is 0 Å². The van der Waals surface area contributed by atoms with Crippen molar-refractivity contribution in [2.75, 3.05) is 46.3 Å². The molecule has 0 saturated carbocycles. The molecule has 1 aromatic heterocycles. The molecular weight excluding hydrogens is 356 g/mol. The van der Waals surface area contributed by atoms with E-state index in [9.17, 15) is 4.79 Å². The molecule has 0 atom stereocenters. The number of nitrogens with zero attached hydrogens (tertiary/aromatic N) is 3. The number of nitrogens with one attached hydrogen (secondary N) is 1. The van der Waals surface area contributed by atoms with Gasteiger partial charge in [-0.2, -0.15) is 0 Å². The Morgan fingerprint density at radius 2 is 1.89 bits per heavy atom. The van der Waals surface area contributed by atoms with Crippen LogP contribution in [-0.2, 0) is 6.42 Å². The summed E-state index contributed by atoms with van der Waals surface area (Å²) < 4.78 is 0. The highest BCUT2D eigenvalue weighted by Crippen LogP contribution is 2.28. The van der Waals surface area contributed by atoms with Gasteiger partial charge in [-0.05, 0) is 38.9 Å². The summed E-state index contributed by atoms with van der Waals surface area (Å²) >= 11 is 1.48. The molecule has 1 N–H and O–H groups in total. The molecule has 0 spiro atoms. The van der Waals surface area contributed by atoms with Crippen molar-refractivity contribution in [2.24, 2.45) is 0 Å². The molecule has 1 saturated heterocycles. The lowest BCUT2D eigenvalue weighted by Crippen LogP contribution is -2.45. The van der Waals surface area contributed by atoms with Gasteiger partial charge in [0.25, 0.3) is 5.91 Å². The number of carbonyl (C=O) groups excluding carboxylic acids is 1. The Kier molecular flexibility index (Phi) is 6.99. The van der Waals surface area contributed by atoms with E-state index in [0.29, 0.717) is 6.54 Å². The summed E-state index contributed by atoms with van der Waals surface area (Å²) in [5, 5.41) is 3.98. The molecule has 0 unspecified atom stereocenters. The molecular formula is C21H30N4OS. The van der Waals surface area contributed by atoms with Gasteiger partial charge in [-0.3, -0.25) is 4.79 Å². The summed E-state index contributed by atoms with van der Waals surface area (Å²) in [5.41, 5.74) is 3.20. The molecule has 2 aromatic rings. The quantitative estimate of drug-likeness (QED) is 0.743. The summed E-state index contributed by atoms with van der Waals surface area (Å²) in [6.07, 6.45) is 2.01. The number of likely N-dealkylation sites (N-methyl/N-ethyl adjacent to an activating group) is 1. The standard InChI is InChI=1S/C21H30N4OS/c1-4-17-6-8-18(9-7-17)21-23-16(2)19(27-21)20(26)22-10-5-11-25-14-12-24(3)13-15-25/h6-9H,4-5,10-15H2,1-3H3,(H,22,26). The first-order valence-corrected chi connectivity index (χ1v) is 10.6. The smallest absolute Gasteiger partial charge is 0.263 e. The van der Waals surface area contributed by atoms with Gasteiger partial charge in [0, 0.05) is 38.3 Å². The van der Waals surface area contributed by atoms with Crippen LogP contribution in [0.25, 0.3) is 10.6 Å². The van der Waals surface area contributed by atoms with E-state index in [0.717, 1.165) is 66.7 Å². The van der Waals surface area contributed by atoms with Crippen LogP contribution in [0.15, 0.2) is 24.3 Å². The molecule has 1 aromatic carbocycles. The first-order chi connectivity index (χ1) is 13.1. The average Bonchev–Trinajstić information content (AvgIpc) is 3.08. The molecule has 0 radical (unpaired) electrons. The maximum atomic E-state index is 12.5. The van der Waals surface area contributed by atoms with E-state index in [2.05, 4.69) is 58.3 Å². The Morgan fingerprint density at radius 3 is 2.56 bits per heavy atom. The molecule has 1 aliphatic rings. The lowest BCUT2D eigenvalue weighted by atomic mass is 10.1. The van der Waals surface area contributed by atoms with E-state index in [1.807, 2.05) is 6.92 Å². The maximum Gasteiger partial charge on any atom is 0.263 e. The molecule has 3 rings (SSSR count). The summed E-state index contributed by atoms with van der Waals surface area (Å²) in [6, 6.07) is 8.44. The van der Waals surface area contributed by atoms with Crippen LogP contribution >= 0.6 is 11.3 Å². The highest BCUT2D eigenvalue weighted by Gasteiger charge is 2.17. The predicted molar refractivity (Wildman–Crippen MR) is 113 cm³/mol. The lowest BCUT2D eigenvalue weighted by molar-refractivity contribution is 0.0952. The van der Waals surface area contributed by atoms with Gasteiger partial charge in [-0.15, -0.1) is 11.3 Å². The third kappa shape index (κ3) is 5.37. The summed E-state index contributed by atoms with van der Waals surface area (Å²) in [4.78, 5) is 22.7. The van der Waals surface area contributed by atoms with Gasteiger partial charge in [0.15, 0.2) is 0 Å². The van der Waals surface area contributed by atoms with Crippen LogP contribution in [0.5, 0.6) is 0 Å². The number of rotatable bonds is 7. The first kappa shape index (κ1) is 20.0. The maximum absolute atomic E-state index is 12.5. The van der Waals surface area contributed by atoms with E-state index in [4.69, 9.17) is 0 Å². The largest absolute Gasteiger partial charge is 0.351 e. The minimum absolute atomic E-state index is 0.000180. The molecule has 146 valence electrons. The summed E-state index contributed by atoms with van der Waals surface area (Å²) in [7, 11) is 2.17. The fourth-order valence-electron chi connectivity index (χ4n) is 3.27. The van der Waals surface area contributed by atoms with Crippen LogP contribution in [-0.4, -0.2) is 67.0 Å². The van der Waals surface area contributed by atoms with E-state index in [1.54, 1.807) is 0 Å². The number of aromatic nitrogens is 1. The zero-order valence-corrected chi connectivity index (χ0v) is 17.4. The number of hydrogen-bond acceptors (Lipinski definition) is 5. The van der Waals surface area contributed by atoms with Crippen LogP contribution in [0.2, 0.25) is 0 Å². The molecule has 1 fully saturated rings. The van der Waals surface area contributed by atoms with Crippen LogP contribution in [0.1, 0.15) is 34.3 Å². The van der Waals surface area contributed by atoms with Gasteiger partial charge < -0.3 is 15.1 Å². The highest BCUT2D eigenvalue weighted by atomic mass is 32.1. The van der Waals surface area contributed by atoms with Crippen LogP contribution in [0.3, 0.4) is 0 Å². The zero-order valence-electron chi connectivity index (χ0n) is 16.6. The molecule has 6 heteroatoms. The Morgan fingerprint density at radius 1 is 1.19 bits per heavy atom. The molecule has 0 aliphatic carbocycles. The summed E-state index contributed by atoms with van der Waals surface area (Å²) in [6.45, 7) is 10.3. The second kappa shape index (κ2) is 9.44. The van der Waals surface area contributed by atoms with E-state index < -0.39 is 0 Å². The van der Waals surface area contributed by atoms with E-state index in [-0.39, 0.29) is 5.91 Å². The van der Waals surface area contributed by atoms with Gasteiger partial charge in [0.2, 0.25) is 0 Å². The number of carbonyl (C=O) groups is 1. The number of hydrogen-bond donors (Lipinski definition) is 1. The lowest BCUT2D eigenvalue weighted by Gasteiger charge is -2.32. The van der Waals surface area contributed by atoms with Crippen molar-refractivity contribution >= 4 is 17.2 Å². The normalized spacial score (nSPS) is 15.8. The Labute approximate surface area is 166 Å². The molecule has 2 heterocycles. The van der Waals surface area contributed by atoms with E-state index in [1.165, 1.54) is 16.9 Å². The van der Waals surface area contributed by atoms with Crippen molar-refractivity contribution in [3.63, 3.8) is 0 Å². The van der Waals surface area contributed by atoms with Crippen molar-refractivity contribution in [1.29, 1.82) is 0 Å². The number of piperazine rings is 1. The number of thiazole rings is 1. The van der Waals surface area contributed by atoms with Crippen molar-refractivity contribution < 1.29 is 4.79 Å². The molecule has 27 heavy (non-hydrogen) atoms. The van der Waals surface area contributed by atoms with Gasteiger partial charge in [-0.1, -0.05) is 31.2 Å². The third-order valence-corrected chi connectivity index (χ3v) is 6.35. The molecule has 1 amide bonds. The van der Waals surface area contributed by atoms with Crippen molar-refractivity contribution in [2.45, 2.75) is 26.7 Å². The van der Waals surface area contributed by atoms with Crippen molar-refractivity contribution in [3.05, 3.63) is 40.4 Å². The number of benzene rings is 1. The highest BCUT2D eigenvalue weighted by molar-refractivity contribution is 7.17. The molecule has 0 bridgehead atoms. The Balaban J connectivity index is 1.50. The molecule has 1 aliphatic heterocycles. The number of aryl methyl sites for hydroxylation is 2. The van der Waals surface area contributed by atoms with Crippen LogP contribution in [0.4, 0.5) is 0 Å². The fourth-order valence-corrected chi connectivity index (χ4v) is 4.26. The second-order valence-corrected chi connectivity index (χ2v) is 8.24. The van der Waals surface area contributed by atoms with Crippen molar-refractivity contribution in [3.8, 4) is 10.6 Å². The first-order valence-electron chi connectivity index (χ1n) is 9.82. The van der Waals surface area contributed by atoms with Crippen LogP contribution in [0, 0.1) is 6.92 Å². The minimum atomic E-state index is -0.000180. The topological polar surface area (TPSA) is 48.5 Å². The van der Waals surface area contributed by atoms with Crippen molar-refractivity contribution in [1.82, 2.24) is 20.1 Å². The average molecular weight is 387 g/mol. The predicted octanol–water partition coefficient (Wildman–Crippen LogP) is 3.05. The van der Waals surface area contributed by atoms with Gasteiger partial charge in [0.05, 0.1) is 5.69 Å².